The van der Waals surface area contributed by atoms with Crippen molar-refractivity contribution >= 4 is 0 Å². The van der Waals surface area contributed by atoms with E-state index in [1.807, 2.05) is 6.07 Å². The molecule has 0 bridgehead atoms. The summed E-state index contributed by atoms with van der Waals surface area (Å²) in [6.07, 6.45) is -3.65. The zero-order valence-corrected chi connectivity index (χ0v) is 11.0. The minimum absolute atomic E-state index is 0.0453. The number of alkyl halides is 3. The summed E-state index contributed by atoms with van der Waals surface area (Å²) < 4.78 is 43.8. The zero-order valence-electron chi connectivity index (χ0n) is 11.0. The number of halogens is 3. The Bertz CT molecular complexity index is 573. The topological polar surface area (TPSA) is 42.4 Å². The molecule has 6 heteroatoms. The van der Waals surface area contributed by atoms with E-state index in [1.165, 1.54) is 0 Å². The zero-order chi connectivity index (χ0) is 15.3. The van der Waals surface area contributed by atoms with Gasteiger partial charge in [-0.2, -0.15) is 13.2 Å². The van der Waals surface area contributed by atoms with Crippen LogP contribution in [-0.4, -0.2) is 16.7 Å². The van der Waals surface area contributed by atoms with E-state index in [9.17, 15) is 18.3 Å². The first kappa shape index (κ1) is 15.3. The quantitative estimate of drug-likeness (QED) is 0.917. The smallest absolute Gasteiger partial charge is 0.416 e. The largest absolute Gasteiger partial charge is 0.493 e. The average molecular weight is 297 g/mol. The third kappa shape index (κ3) is 4.19. The van der Waals surface area contributed by atoms with Crippen LogP contribution in [-0.2, 0) is 6.18 Å². The minimum atomic E-state index is -4.51. The lowest BCUT2D eigenvalue weighted by Crippen LogP contribution is -2.14. The number of hydrogen-bond donors (Lipinski definition) is 1. The lowest BCUT2D eigenvalue weighted by molar-refractivity contribution is -0.139. The van der Waals surface area contributed by atoms with Crippen molar-refractivity contribution in [1.82, 2.24) is 4.98 Å². The highest BCUT2D eigenvalue weighted by atomic mass is 19.4. The molecule has 3 nitrogen and oxygen atoms in total. The molecule has 0 aliphatic carbocycles. The molecule has 0 fully saturated rings. The van der Waals surface area contributed by atoms with E-state index in [1.54, 1.807) is 24.3 Å². The molecule has 2 aromatic rings. The maximum absolute atomic E-state index is 12.8. The summed E-state index contributed by atoms with van der Waals surface area (Å²) in [5, 5.41) is 9.92. The van der Waals surface area contributed by atoms with Crippen LogP contribution >= 0.6 is 0 Å². The molecule has 1 N–H and O–H groups in total. The number of aromatic nitrogens is 1. The maximum Gasteiger partial charge on any atom is 0.416 e. The Morgan fingerprint density at radius 2 is 1.86 bits per heavy atom. The summed E-state index contributed by atoms with van der Waals surface area (Å²) in [6, 6.07) is 9.72. The number of benzene rings is 1. The molecule has 0 saturated carbocycles. The number of para-hydroxylation sites is 1. The molecule has 1 atom stereocenters. The van der Waals surface area contributed by atoms with Crippen molar-refractivity contribution in [2.75, 3.05) is 6.61 Å². The van der Waals surface area contributed by atoms with Crippen molar-refractivity contribution in [3.05, 3.63) is 59.9 Å². The summed E-state index contributed by atoms with van der Waals surface area (Å²) in [6.45, 7) is 0.109. The second kappa shape index (κ2) is 6.58. The monoisotopic (exact) mass is 297 g/mol. The molecule has 0 radical (unpaired) electrons. The predicted molar refractivity (Wildman–Crippen MR) is 70.8 cm³/mol. The molecule has 1 heterocycles. The van der Waals surface area contributed by atoms with Crippen LogP contribution in [0.15, 0.2) is 48.8 Å². The van der Waals surface area contributed by atoms with Gasteiger partial charge in [0.15, 0.2) is 0 Å². The molecular weight excluding hydrogens is 283 g/mol. The van der Waals surface area contributed by atoms with Crippen LogP contribution in [0.5, 0.6) is 5.75 Å². The Labute approximate surface area is 120 Å². The van der Waals surface area contributed by atoms with Gasteiger partial charge in [-0.15, -0.1) is 0 Å². The molecule has 1 aromatic carbocycles. The SMILES string of the molecule is OC(CCOc1ccccc1)c1cnccc1C(F)(F)F. The van der Waals surface area contributed by atoms with Gasteiger partial charge in [-0.05, 0) is 18.2 Å². The van der Waals surface area contributed by atoms with Gasteiger partial charge in [0.25, 0.3) is 0 Å². The van der Waals surface area contributed by atoms with E-state index >= 15 is 0 Å². The Morgan fingerprint density at radius 1 is 1.14 bits per heavy atom. The predicted octanol–water partition coefficient (Wildman–Crippen LogP) is 3.60. The standard InChI is InChI=1S/C15H14F3NO2/c16-15(17,18)13-6-8-19-10-12(13)14(20)7-9-21-11-4-2-1-3-5-11/h1-6,8,10,14,20H,7,9H2. The molecular formula is C15H14F3NO2. The molecule has 21 heavy (non-hydrogen) atoms. The van der Waals surface area contributed by atoms with Gasteiger partial charge in [0.05, 0.1) is 18.3 Å². The lowest BCUT2D eigenvalue weighted by atomic mass is 10.0. The summed E-state index contributed by atoms with van der Waals surface area (Å²) in [7, 11) is 0. The molecule has 2 rings (SSSR count). The Hall–Kier alpha value is -2.08. The van der Waals surface area contributed by atoms with Gasteiger partial charge in [-0.25, -0.2) is 0 Å². The average Bonchev–Trinajstić information content (AvgIpc) is 2.47. The van der Waals surface area contributed by atoms with Crippen LogP contribution in [0.2, 0.25) is 0 Å². The molecule has 112 valence electrons. The highest BCUT2D eigenvalue weighted by Crippen LogP contribution is 2.34. The van der Waals surface area contributed by atoms with Crippen molar-refractivity contribution in [2.45, 2.75) is 18.7 Å². The van der Waals surface area contributed by atoms with Crippen LogP contribution in [0.4, 0.5) is 13.2 Å². The number of aliphatic hydroxyl groups is 1. The Balaban J connectivity index is 1.99. The normalized spacial score (nSPS) is 13.0. The fourth-order valence-electron chi connectivity index (χ4n) is 1.89. The van der Waals surface area contributed by atoms with Gasteiger partial charge in [0, 0.05) is 24.4 Å². The molecule has 0 spiro atoms. The summed E-state index contributed by atoms with van der Waals surface area (Å²) in [5.74, 6) is 0.604. The third-order valence-electron chi connectivity index (χ3n) is 2.92. The molecule has 0 aliphatic heterocycles. The molecule has 1 aromatic heterocycles. The summed E-state index contributed by atoms with van der Waals surface area (Å²) in [5.41, 5.74) is -1.11. The highest BCUT2D eigenvalue weighted by molar-refractivity contribution is 5.28. The molecule has 0 aliphatic rings. The first-order chi connectivity index (χ1) is 9.98. The number of ether oxygens (including phenoxy) is 1. The minimum Gasteiger partial charge on any atom is -0.493 e. The van der Waals surface area contributed by atoms with Crippen LogP contribution in [0, 0.1) is 0 Å². The van der Waals surface area contributed by atoms with Crippen LogP contribution in [0.3, 0.4) is 0 Å². The molecule has 0 saturated heterocycles. The number of hydrogen-bond acceptors (Lipinski definition) is 3. The van der Waals surface area contributed by atoms with Crippen LogP contribution < -0.4 is 4.74 Å². The van der Waals surface area contributed by atoms with Gasteiger partial charge in [0.1, 0.15) is 5.75 Å². The number of rotatable bonds is 5. The Kier molecular flexibility index (Phi) is 4.80. The fraction of sp³-hybridized carbons (Fsp3) is 0.267. The maximum atomic E-state index is 12.8. The Morgan fingerprint density at radius 3 is 2.52 bits per heavy atom. The van der Waals surface area contributed by atoms with Gasteiger partial charge in [0.2, 0.25) is 0 Å². The van der Waals surface area contributed by atoms with E-state index < -0.39 is 17.8 Å². The molecule has 0 amide bonds. The first-order valence-corrected chi connectivity index (χ1v) is 6.35. The summed E-state index contributed by atoms with van der Waals surface area (Å²) in [4.78, 5) is 3.65. The van der Waals surface area contributed by atoms with Crippen LogP contribution in [0.25, 0.3) is 0 Å². The van der Waals surface area contributed by atoms with Gasteiger partial charge < -0.3 is 9.84 Å². The second-order valence-corrected chi connectivity index (χ2v) is 4.43. The summed E-state index contributed by atoms with van der Waals surface area (Å²) >= 11 is 0. The van der Waals surface area contributed by atoms with Crippen molar-refractivity contribution in [3.8, 4) is 5.75 Å². The van der Waals surface area contributed by atoms with Crippen molar-refractivity contribution in [2.24, 2.45) is 0 Å². The van der Waals surface area contributed by atoms with E-state index in [2.05, 4.69) is 4.98 Å². The second-order valence-electron chi connectivity index (χ2n) is 4.43. The van der Waals surface area contributed by atoms with Crippen molar-refractivity contribution in [1.29, 1.82) is 0 Å². The first-order valence-electron chi connectivity index (χ1n) is 6.35. The van der Waals surface area contributed by atoms with Gasteiger partial charge in [-0.1, -0.05) is 18.2 Å². The van der Waals surface area contributed by atoms with Crippen molar-refractivity contribution in [3.63, 3.8) is 0 Å². The highest BCUT2D eigenvalue weighted by Gasteiger charge is 2.34. The van der Waals surface area contributed by atoms with Gasteiger partial charge in [-0.3, -0.25) is 4.98 Å². The van der Waals surface area contributed by atoms with E-state index in [0.717, 1.165) is 18.5 Å². The number of pyridine rings is 1. The van der Waals surface area contributed by atoms with Gasteiger partial charge >= 0.3 is 6.18 Å². The van der Waals surface area contributed by atoms with E-state index in [-0.39, 0.29) is 18.6 Å². The van der Waals surface area contributed by atoms with E-state index in [4.69, 9.17) is 4.74 Å². The number of aliphatic hydroxyl groups excluding tert-OH is 1. The van der Waals surface area contributed by atoms with Crippen molar-refractivity contribution < 1.29 is 23.0 Å². The van der Waals surface area contributed by atoms with E-state index in [0.29, 0.717) is 5.75 Å². The number of nitrogens with zero attached hydrogens (tertiary/aromatic N) is 1. The lowest BCUT2D eigenvalue weighted by Gasteiger charge is -2.17. The fourth-order valence-corrected chi connectivity index (χ4v) is 1.89. The molecule has 1 unspecified atom stereocenters. The van der Waals surface area contributed by atoms with Crippen LogP contribution in [0.1, 0.15) is 23.7 Å². The third-order valence-corrected chi connectivity index (χ3v) is 2.92.